The first-order valence-electron chi connectivity index (χ1n) is 5.06. The molecule has 0 saturated heterocycles. The monoisotopic (exact) mass is 228 g/mol. The maximum absolute atomic E-state index is 9.00. The molecule has 0 saturated carbocycles. The summed E-state index contributed by atoms with van der Waals surface area (Å²) in [5.74, 6) is 0. The molecule has 0 N–H and O–H groups in total. The van der Waals surface area contributed by atoms with E-state index in [4.69, 9.17) is 5.26 Å². The first kappa shape index (κ1) is 10.8. The number of hydrogen-bond donors (Lipinski definition) is 0. The Balaban J connectivity index is 2.67. The van der Waals surface area contributed by atoms with E-state index in [0.717, 1.165) is 11.3 Å². The van der Waals surface area contributed by atoms with Gasteiger partial charge in [-0.2, -0.15) is 5.26 Å². The van der Waals surface area contributed by atoms with Gasteiger partial charge in [-0.15, -0.1) is 11.3 Å². The SMILES string of the molecule is Cc1ccc(-c2ncsc2C#N)c(C)c1C. The van der Waals surface area contributed by atoms with Gasteiger partial charge in [-0.1, -0.05) is 12.1 Å². The van der Waals surface area contributed by atoms with E-state index < -0.39 is 0 Å². The zero-order chi connectivity index (χ0) is 11.7. The fourth-order valence-electron chi connectivity index (χ4n) is 1.73. The number of thiazole rings is 1. The molecule has 1 aromatic carbocycles. The molecule has 2 aromatic rings. The highest BCUT2D eigenvalue weighted by Gasteiger charge is 2.12. The molecule has 1 aromatic heterocycles. The van der Waals surface area contributed by atoms with Crippen LogP contribution in [0.1, 0.15) is 21.6 Å². The van der Waals surface area contributed by atoms with Crippen molar-refractivity contribution in [1.82, 2.24) is 4.98 Å². The second-order valence-corrected chi connectivity index (χ2v) is 4.68. The van der Waals surface area contributed by atoms with Gasteiger partial charge in [0.25, 0.3) is 0 Å². The predicted molar refractivity (Wildman–Crippen MR) is 66.5 cm³/mol. The van der Waals surface area contributed by atoms with E-state index in [9.17, 15) is 0 Å². The van der Waals surface area contributed by atoms with Crippen molar-refractivity contribution in [2.45, 2.75) is 20.8 Å². The van der Waals surface area contributed by atoms with E-state index in [-0.39, 0.29) is 0 Å². The van der Waals surface area contributed by atoms with Gasteiger partial charge < -0.3 is 0 Å². The highest BCUT2D eigenvalue weighted by Crippen LogP contribution is 2.30. The second kappa shape index (κ2) is 4.07. The van der Waals surface area contributed by atoms with Crippen LogP contribution in [0.2, 0.25) is 0 Å². The lowest BCUT2D eigenvalue weighted by molar-refractivity contribution is 1.25. The maximum atomic E-state index is 9.00. The molecule has 0 fully saturated rings. The highest BCUT2D eigenvalue weighted by molar-refractivity contribution is 7.10. The summed E-state index contributed by atoms with van der Waals surface area (Å²) < 4.78 is 0. The Bertz CT molecular complexity index is 576. The molecule has 2 nitrogen and oxygen atoms in total. The zero-order valence-corrected chi connectivity index (χ0v) is 10.4. The van der Waals surface area contributed by atoms with Gasteiger partial charge in [-0.3, -0.25) is 0 Å². The van der Waals surface area contributed by atoms with E-state index in [2.05, 4.69) is 37.9 Å². The van der Waals surface area contributed by atoms with Gasteiger partial charge in [-0.25, -0.2) is 4.98 Å². The van der Waals surface area contributed by atoms with Crippen molar-refractivity contribution in [2.24, 2.45) is 0 Å². The van der Waals surface area contributed by atoms with Gasteiger partial charge in [0.1, 0.15) is 10.9 Å². The molecule has 0 atom stereocenters. The molecule has 0 aliphatic heterocycles. The molecule has 3 heteroatoms. The zero-order valence-electron chi connectivity index (χ0n) is 9.53. The molecular formula is C13H12N2S. The van der Waals surface area contributed by atoms with Gasteiger partial charge >= 0.3 is 0 Å². The normalized spacial score (nSPS) is 10.1. The summed E-state index contributed by atoms with van der Waals surface area (Å²) in [5, 5.41) is 9.00. The molecule has 1 heterocycles. The lowest BCUT2D eigenvalue weighted by atomic mass is 9.97. The fraction of sp³-hybridized carbons (Fsp3) is 0.231. The van der Waals surface area contributed by atoms with Crippen LogP contribution in [-0.4, -0.2) is 4.98 Å². The molecule has 80 valence electrons. The van der Waals surface area contributed by atoms with E-state index in [0.29, 0.717) is 4.88 Å². The van der Waals surface area contributed by atoms with E-state index in [1.165, 1.54) is 28.0 Å². The van der Waals surface area contributed by atoms with Crippen molar-refractivity contribution in [3.05, 3.63) is 39.2 Å². The molecule has 0 radical (unpaired) electrons. The smallest absolute Gasteiger partial charge is 0.132 e. The molecule has 0 amide bonds. The Hall–Kier alpha value is -1.66. The maximum Gasteiger partial charge on any atom is 0.132 e. The topological polar surface area (TPSA) is 36.7 Å². The van der Waals surface area contributed by atoms with Crippen LogP contribution in [-0.2, 0) is 0 Å². The Morgan fingerprint density at radius 1 is 1.19 bits per heavy atom. The van der Waals surface area contributed by atoms with Crippen molar-refractivity contribution < 1.29 is 0 Å². The van der Waals surface area contributed by atoms with Crippen LogP contribution in [0.3, 0.4) is 0 Å². The summed E-state index contributed by atoms with van der Waals surface area (Å²) in [6.45, 7) is 6.28. The molecule has 0 spiro atoms. The molecule has 16 heavy (non-hydrogen) atoms. The van der Waals surface area contributed by atoms with Crippen LogP contribution in [0, 0.1) is 32.1 Å². The number of aromatic nitrogens is 1. The highest BCUT2D eigenvalue weighted by atomic mass is 32.1. The van der Waals surface area contributed by atoms with Crippen LogP contribution < -0.4 is 0 Å². The number of rotatable bonds is 1. The van der Waals surface area contributed by atoms with Crippen LogP contribution in [0.25, 0.3) is 11.3 Å². The average Bonchev–Trinajstić information content (AvgIpc) is 2.74. The minimum Gasteiger partial charge on any atom is -0.243 e. The predicted octanol–water partition coefficient (Wildman–Crippen LogP) is 3.61. The summed E-state index contributed by atoms with van der Waals surface area (Å²) in [7, 11) is 0. The van der Waals surface area contributed by atoms with Gasteiger partial charge in [0.2, 0.25) is 0 Å². The summed E-state index contributed by atoms with van der Waals surface area (Å²) in [6, 6.07) is 6.32. The van der Waals surface area contributed by atoms with E-state index >= 15 is 0 Å². The molecule has 0 aliphatic carbocycles. The first-order valence-corrected chi connectivity index (χ1v) is 5.94. The Morgan fingerprint density at radius 2 is 1.94 bits per heavy atom. The summed E-state index contributed by atoms with van der Waals surface area (Å²) >= 11 is 1.39. The first-order chi connectivity index (χ1) is 7.65. The van der Waals surface area contributed by atoms with Crippen LogP contribution in [0.15, 0.2) is 17.6 Å². The lowest BCUT2D eigenvalue weighted by Crippen LogP contribution is -1.92. The van der Waals surface area contributed by atoms with Gasteiger partial charge in [0, 0.05) is 5.56 Å². The average molecular weight is 228 g/mol. The Morgan fingerprint density at radius 3 is 2.62 bits per heavy atom. The third-order valence-corrected chi connectivity index (χ3v) is 3.71. The van der Waals surface area contributed by atoms with Crippen molar-refractivity contribution in [3.63, 3.8) is 0 Å². The standard InChI is InChI=1S/C13H12N2S/c1-8-4-5-11(10(3)9(8)2)13-12(6-14)16-7-15-13/h4-5,7H,1-3H3. The van der Waals surface area contributed by atoms with Crippen molar-refractivity contribution in [3.8, 4) is 17.3 Å². The van der Waals surface area contributed by atoms with Crippen molar-refractivity contribution in [2.75, 3.05) is 0 Å². The Labute approximate surface area is 99.2 Å². The lowest BCUT2D eigenvalue weighted by Gasteiger charge is -2.09. The van der Waals surface area contributed by atoms with Crippen molar-refractivity contribution >= 4 is 11.3 Å². The molecular weight excluding hydrogens is 216 g/mol. The number of nitriles is 1. The number of benzene rings is 1. The van der Waals surface area contributed by atoms with Gasteiger partial charge in [0.05, 0.1) is 11.2 Å². The quantitative estimate of drug-likeness (QED) is 0.747. The third kappa shape index (κ3) is 1.62. The molecule has 0 aliphatic rings. The molecule has 2 rings (SSSR count). The minimum atomic E-state index is 0.686. The largest absolute Gasteiger partial charge is 0.243 e. The number of nitrogens with zero attached hydrogens (tertiary/aromatic N) is 2. The summed E-state index contributed by atoms with van der Waals surface area (Å²) in [6.07, 6.45) is 0. The fourth-order valence-corrected chi connectivity index (χ4v) is 2.32. The van der Waals surface area contributed by atoms with E-state index in [1.54, 1.807) is 5.51 Å². The minimum absolute atomic E-state index is 0.686. The Kier molecular flexibility index (Phi) is 2.76. The molecule has 0 bridgehead atoms. The second-order valence-electron chi connectivity index (χ2n) is 3.82. The molecule has 0 unspecified atom stereocenters. The van der Waals surface area contributed by atoms with Gasteiger partial charge in [0.15, 0.2) is 0 Å². The van der Waals surface area contributed by atoms with Crippen LogP contribution in [0.4, 0.5) is 0 Å². The van der Waals surface area contributed by atoms with Crippen LogP contribution >= 0.6 is 11.3 Å². The van der Waals surface area contributed by atoms with Crippen molar-refractivity contribution in [1.29, 1.82) is 5.26 Å². The van der Waals surface area contributed by atoms with E-state index in [1.807, 2.05) is 6.07 Å². The van der Waals surface area contributed by atoms with Crippen LogP contribution in [0.5, 0.6) is 0 Å². The summed E-state index contributed by atoms with van der Waals surface area (Å²) in [4.78, 5) is 4.97. The number of hydrogen-bond acceptors (Lipinski definition) is 3. The van der Waals surface area contributed by atoms with Gasteiger partial charge in [-0.05, 0) is 37.5 Å². The summed E-state index contributed by atoms with van der Waals surface area (Å²) in [5.41, 5.74) is 7.36. The third-order valence-electron chi connectivity index (χ3n) is 2.98. The number of aryl methyl sites for hydroxylation is 1.